The molecule has 5 nitrogen and oxygen atoms in total. The highest BCUT2D eigenvalue weighted by atomic mass is 32.2. The average molecular weight is 223 g/mol. The van der Waals surface area contributed by atoms with Gasteiger partial charge in [0.05, 0.1) is 19.3 Å². The van der Waals surface area contributed by atoms with E-state index in [1.54, 1.807) is 0 Å². The molecule has 1 aliphatic heterocycles. The number of hydrogen-bond donors (Lipinski definition) is 2. The Kier molecular flexibility index (Phi) is 6.29. The molecule has 6 heteroatoms. The molecule has 0 aromatic heterocycles. The maximum atomic E-state index is 10.1. The van der Waals surface area contributed by atoms with Gasteiger partial charge in [0.25, 0.3) is 0 Å². The Morgan fingerprint density at radius 1 is 1.36 bits per heavy atom. The van der Waals surface area contributed by atoms with Gasteiger partial charge in [-0.3, -0.25) is 8.74 Å². The maximum Gasteiger partial charge on any atom is 0.301 e. The molecule has 0 amide bonds. The van der Waals surface area contributed by atoms with E-state index in [0.717, 1.165) is 32.4 Å². The monoisotopic (exact) mass is 223 g/mol. The van der Waals surface area contributed by atoms with E-state index >= 15 is 0 Å². The molecule has 0 aromatic rings. The summed E-state index contributed by atoms with van der Waals surface area (Å²) in [7, 11) is 0. The van der Waals surface area contributed by atoms with E-state index in [4.69, 9.17) is 9.29 Å². The highest BCUT2D eigenvalue weighted by molar-refractivity contribution is 7.74. The van der Waals surface area contributed by atoms with Gasteiger partial charge in [0, 0.05) is 0 Å². The molecule has 2 unspecified atom stereocenters. The number of ether oxygens (including phenoxy) is 1. The third-order valence-electron chi connectivity index (χ3n) is 2.14. The van der Waals surface area contributed by atoms with Gasteiger partial charge < -0.3 is 10.1 Å². The first-order valence-electron chi connectivity index (χ1n) is 4.85. The normalized spacial score (nSPS) is 25.6. The molecule has 0 saturated carbocycles. The second-order valence-corrected chi connectivity index (χ2v) is 3.88. The minimum atomic E-state index is -2.17. The first-order chi connectivity index (χ1) is 6.79. The molecule has 0 bridgehead atoms. The van der Waals surface area contributed by atoms with Crippen LogP contribution in [0.3, 0.4) is 0 Å². The maximum absolute atomic E-state index is 10.1. The molecule has 84 valence electrons. The lowest BCUT2D eigenvalue weighted by molar-refractivity contribution is 0.0280. The average Bonchev–Trinajstić information content (AvgIpc) is 2.40. The Bertz CT molecular complexity index is 171. The van der Waals surface area contributed by atoms with E-state index in [0.29, 0.717) is 6.61 Å². The number of nitrogens with one attached hydrogen (secondary N) is 1. The molecule has 1 aliphatic rings. The Morgan fingerprint density at radius 2 is 2.21 bits per heavy atom. The quantitative estimate of drug-likeness (QED) is 0.518. The van der Waals surface area contributed by atoms with Crippen LogP contribution in [0.2, 0.25) is 0 Å². The summed E-state index contributed by atoms with van der Waals surface area (Å²) in [5, 5.41) is 3.29. The molecule has 1 heterocycles. The Morgan fingerprint density at radius 3 is 3.00 bits per heavy atom. The minimum absolute atomic E-state index is 0.174. The van der Waals surface area contributed by atoms with Crippen molar-refractivity contribution in [2.75, 3.05) is 26.3 Å². The van der Waals surface area contributed by atoms with E-state index in [2.05, 4.69) is 9.50 Å². The smallest absolute Gasteiger partial charge is 0.301 e. The fraction of sp³-hybridized carbons (Fsp3) is 1.00. The standard InChI is InChI=1S/C8H17NO4S/c10-14(11)13-7-6-12-8-2-1-4-9-5-3-8/h8-9H,1-7H2,(H,10,11). The van der Waals surface area contributed by atoms with Crippen LogP contribution in [0.25, 0.3) is 0 Å². The predicted octanol–water partition coefficient (Wildman–Crippen LogP) is 0.298. The van der Waals surface area contributed by atoms with Gasteiger partial charge >= 0.3 is 11.4 Å². The second-order valence-electron chi connectivity index (χ2n) is 3.21. The molecule has 2 atom stereocenters. The Labute approximate surface area is 86.7 Å². The van der Waals surface area contributed by atoms with Crippen molar-refractivity contribution >= 4 is 11.4 Å². The summed E-state index contributed by atoms with van der Waals surface area (Å²) in [6, 6.07) is 0. The van der Waals surface area contributed by atoms with Crippen molar-refractivity contribution in [2.24, 2.45) is 0 Å². The van der Waals surface area contributed by atoms with Crippen molar-refractivity contribution in [2.45, 2.75) is 25.4 Å². The summed E-state index contributed by atoms with van der Waals surface area (Å²) in [4.78, 5) is 0. The topological polar surface area (TPSA) is 67.8 Å². The Balaban J connectivity index is 2.01. The molecule has 1 saturated heterocycles. The zero-order chi connectivity index (χ0) is 10.2. The van der Waals surface area contributed by atoms with Crippen LogP contribution in [0.1, 0.15) is 19.3 Å². The van der Waals surface area contributed by atoms with Crippen molar-refractivity contribution < 1.29 is 17.7 Å². The van der Waals surface area contributed by atoms with Crippen LogP contribution in [-0.2, 0) is 20.3 Å². The van der Waals surface area contributed by atoms with E-state index in [1.165, 1.54) is 0 Å². The van der Waals surface area contributed by atoms with E-state index in [-0.39, 0.29) is 12.7 Å². The number of hydrogen-bond acceptors (Lipinski definition) is 4. The van der Waals surface area contributed by atoms with Crippen LogP contribution in [0.5, 0.6) is 0 Å². The lowest BCUT2D eigenvalue weighted by Gasteiger charge is -2.14. The van der Waals surface area contributed by atoms with E-state index in [9.17, 15) is 4.21 Å². The fourth-order valence-corrected chi connectivity index (χ4v) is 1.68. The zero-order valence-electron chi connectivity index (χ0n) is 8.11. The van der Waals surface area contributed by atoms with Gasteiger partial charge in [0.1, 0.15) is 0 Å². The van der Waals surface area contributed by atoms with Gasteiger partial charge in [-0.15, -0.1) is 0 Å². The molecule has 0 spiro atoms. The van der Waals surface area contributed by atoms with Crippen molar-refractivity contribution in [3.63, 3.8) is 0 Å². The van der Waals surface area contributed by atoms with E-state index in [1.807, 2.05) is 0 Å². The summed E-state index contributed by atoms with van der Waals surface area (Å²) >= 11 is -2.17. The highest BCUT2D eigenvalue weighted by Crippen LogP contribution is 2.08. The summed E-state index contributed by atoms with van der Waals surface area (Å²) in [5.74, 6) is 0. The Hall–Kier alpha value is -0.0100. The van der Waals surface area contributed by atoms with Crippen molar-refractivity contribution in [1.29, 1.82) is 0 Å². The summed E-state index contributed by atoms with van der Waals surface area (Å²) in [6.45, 7) is 2.60. The largest absolute Gasteiger partial charge is 0.376 e. The lowest BCUT2D eigenvalue weighted by atomic mass is 10.2. The van der Waals surface area contributed by atoms with Crippen LogP contribution >= 0.6 is 0 Å². The van der Waals surface area contributed by atoms with Crippen molar-refractivity contribution in [1.82, 2.24) is 5.32 Å². The molecular weight excluding hydrogens is 206 g/mol. The molecular formula is C8H17NO4S. The fourth-order valence-electron chi connectivity index (χ4n) is 1.47. The molecule has 2 N–H and O–H groups in total. The van der Waals surface area contributed by atoms with Crippen molar-refractivity contribution in [3.8, 4) is 0 Å². The van der Waals surface area contributed by atoms with Gasteiger partial charge in [0.15, 0.2) is 0 Å². The van der Waals surface area contributed by atoms with Crippen LogP contribution in [-0.4, -0.2) is 41.2 Å². The summed E-state index contributed by atoms with van der Waals surface area (Å²) in [5.41, 5.74) is 0. The molecule has 0 aromatic carbocycles. The van der Waals surface area contributed by atoms with Crippen molar-refractivity contribution in [3.05, 3.63) is 0 Å². The predicted molar refractivity (Wildman–Crippen MR) is 53.2 cm³/mol. The van der Waals surface area contributed by atoms with Gasteiger partial charge in [-0.2, -0.15) is 4.21 Å². The SMILES string of the molecule is O=S(O)OCCOC1CCCNCC1. The molecule has 1 rings (SSSR count). The summed E-state index contributed by atoms with van der Waals surface area (Å²) < 4.78 is 28.4. The van der Waals surface area contributed by atoms with Gasteiger partial charge in [-0.25, -0.2) is 0 Å². The molecule has 14 heavy (non-hydrogen) atoms. The summed E-state index contributed by atoms with van der Waals surface area (Å²) in [6.07, 6.45) is 3.44. The van der Waals surface area contributed by atoms with Crippen LogP contribution in [0.4, 0.5) is 0 Å². The molecule has 1 fully saturated rings. The van der Waals surface area contributed by atoms with Gasteiger partial charge in [0.2, 0.25) is 0 Å². The number of rotatable bonds is 5. The minimum Gasteiger partial charge on any atom is -0.376 e. The van der Waals surface area contributed by atoms with Gasteiger partial charge in [-0.05, 0) is 32.4 Å². The van der Waals surface area contributed by atoms with Gasteiger partial charge in [-0.1, -0.05) is 0 Å². The first-order valence-corrected chi connectivity index (χ1v) is 5.88. The molecule has 0 aliphatic carbocycles. The third kappa shape index (κ3) is 5.66. The zero-order valence-corrected chi connectivity index (χ0v) is 8.92. The van der Waals surface area contributed by atoms with Crippen LogP contribution < -0.4 is 5.32 Å². The van der Waals surface area contributed by atoms with Crippen LogP contribution in [0, 0.1) is 0 Å². The lowest BCUT2D eigenvalue weighted by Crippen LogP contribution is -2.19. The first kappa shape index (κ1) is 12.1. The van der Waals surface area contributed by atoms with Crippen LogP contribution in [0.15, 0.2) is 0 Å². The molecule has 0 radical (unpaired) electrons. The third-order valence-corrected chi connectivity index (χ3v) is 2.51. The highest BCUT2D eigenvalue weighted by Gasteiger charge is 2.11. The van der Waals surface area contributed by atoms with E-state index < -0.39 is 11.4 Å². The second kappa shape index (κ2) is 7.30.